The molecule has 0 radical (unpaired) electrons. The van der Waals surface area contributed by atoms with Crippen molar-refractivity contribution < 1.29 is 23.7 Å². The van der Waals surface area contributed by atoms with Gasteiger partial charge in [0.25, 0.3) is 5.91 Å². The van der Waals surface area contributed by atoms with Crippen LogP contribution in [0.4, 0.5) is 5.69 Å². The second kappa shape index (κ2) is 8.08. The highest BCUT2D eigenvalue weighted by Crippen LogP contribution is 2.45. The molecule has 6 nitrogen and oxygen atoms in total. The number of halogens is 1. The predicted octanol–water partition coefficient (Wildman–Crippen LogP) is 4.08. The monoisotopic (exact) mass is 435 g/mol. The number of methoxy groups -OCH3 is 4. The van der Waals surface area contributed by atoms with Gasteiger partial charge in [0.05, 0.1) is 38.5 Å². The molecular weight excluding hydrogens is 414 g/mol. The van der Waals surface area contributed by atoms with Gasteiger partial charge in [-0.15, -0.1) is 0 Å². The minimum Gasteiger partial charge on any atom is -0.497 e. The van der Waals surface area contributed by atoms with E-state index in [0.29, 0.717) is 33.8 Å². The van der Waals surface area contributed by atoms with Crippen LogP contribution in [0.3, 0.4) is 0 Å². The molecule has 0 saturated carbocycles. The van der Waals surface area contributed by atoms with Crippen molar-refractivity contribution in [2.45, 2.75) is 12.8 Å². The van der Waals surface area contributed by atoms with Gasteiger partial charge in [-0.05, 0) is 58.6 Å². The molecule has 0 saturated heterocycles. The summed E-state index contributed by atoms with van der Waals surface area (Å²) in [5.74, 6) is 1.96. The number of benzene rings is 2. The number of carbonyl (C=O) groups excluding carboxylic acids is 1. The molecule has 1 aliphatic heterocycles. The van der Waals surface area contributed by atoms with Gasteiger partial charge in [-0.3, -0.25) is 4.79 Å². The molecule has 0 unspecified atom stereocenters. The summed E-state index contributed by atoms with van der Waals surface area (Å²) in [6.07, 6.45) is 1.79. The van der Waals surface area contributed by atoms with Crippen molar-refractivity contribution in [1.82, 2.24) is 0 Å². The molecule has 0 aliphatic carbocycles. The Hall–Kier alpha value is -2.41. The first kappa shape index (κ1) is 19.4. The lowest BCUT2D eigenvalue weighted by molar-refractivity contribution is 0.0983. The minimum absolute atomic E-state index is 0.132. The van der Waals surface area contributed by atoms with Gasteiger partial charge in [0.15, 0.2) is 11.5 Å². The summed E-state index contributed by atoms with van der Waals surface area (Å²) < 4.78 is 22.1. The largest absolute Gasteiger partial charge is 0.497 e. The predicted molar refractivity (Wildman–Crippen MR) is 107 cm³/mol. The minimum atomic E-state index is -0.132. The molecule has 1 amide bonds. The highest BCUT2D eigenvalue weighted by Gasteiger charge is 2.29. The second-order valence-corrected chi connectivity index (χ2v) is 6.85. The lowest BCUT2D eigenvalue weighted by atomic mass is 10.00. The fraction of sp³-hybridized carbons (Fsp3) is 0.350. The molecule has 0 atom stereocenters. The number of rotatable bonds is 5. The summed E-state index contributed by atoms with van der Waals surface area (Å²) >= 11 is 3.50. The normalized spacial score (nSPS) is 13.0. The van der Waals surface area contributed by atoms with E-state index in [4.69, 9.17) is 18.9 Å². The number of amides is 1. The van der Waals surface area contributed by atoms with Crippen LogP contribution in [-0.4, -0.2) is 40.9 Å². The highest BCUT2D eigenvalue weighted by atomic mass is 79.9. The van der Waals surface area contributed by atoms with Crippen molar-refractivity contribution in [2.75, 3.05) is 39.9 Å². The summed E-state index contributed by atoms with van der Waals surface area (Å²) in [5, 5.41) is 0. The molecule has 3 rings (SSSR count). The Morgan fingerprint density at radius 2 is 1.74 bits per heavy atom. The van der Waals surface area contributed by atoms with Crippen molar-refractivity contribution in [1.29, 1.82) is 0 Å². The van der Waals surface area contributed by atoms with Crippen LogP contribution in [0.15, 0.2) is 28.7 Å². The van der Waals surface area contributed by atoms with Crippen LogP contribution in [0.1, 0.15) is 22.3 Å². The van der Waals surface area contributed by atoms with E-state index >= 15 is 0 Å². The van der Waals surface area contributed by atoms with Gasteiger partial charge >= 0.3 is 0 Å². The molecule has 2 aromatic rings. The van der Waals surface area contributed by atoms with E-state index < -0.39 is 0 Å². The fourth-order valence-corrected chi connectivity index (χ4v) is 3.96. The first-order valence-electron chi connectivity index (χ1n) is 8.52. The number of aryl methyl sites for hydroxylation is 1. The molecule has 0 fully saturated rings. The maximum absolute atomic E-state index is 13.4. The lowest BCUT2D eigenvalue weighted by Crippen LogP contribution is -2.35. The van der Waals surface area contributed by atoms with Gasteiger partial charge in [0, 0.05) is 12.2 Å². The van der Waals surface area contributed by atoms with Gasteiger partial charge in [0.1, 0.15) is 5.75 Å². The van der Waals surface area contributed by atoms with E-state index in [1.54, 1.807) is 18.1 Å². The summed E-state index contributed by atoms with van der Waals surface area (Å²) in [6.45, 7) is 0.640. The van der Waals surface area contributed by atoms with Crippen molar-refractivity contribution in [3.63, 3.8) is 0 Å². The molecule has 7 heteroatoms. The number of anilines is 1. The van der Waals surface area contributed by atoms with E-state index in [9.17, 15) is 4.79 Å². The third kappa shape index (κ3) is 3.43. The highest BCUT2D eigenvalue weighted by molar-refractivity contribution is 9.10. The molecule has 0 aromatic heterocycles. The van der Waals surface area contributed by atoms with Gasteiger partial charge in [-0.1, -0.05) is 0 Å². The summed E-state index contributed by atoms with van der Waals surface area (Å²) in [7, 11) is 6.23. The van der Waals surface area contributed by atoms with Crippen LogP contribution in [0.25, 0.3) is 0 Å². The molecular formula is C20H22BrNO5. The molecule has 1 aliphatic rings. The maximum Gasteiger partial charge on any atom is 0.259 e. The Bertz CT molecular complexity index is 868. The van der Waals surface area contributed by atoms with E-state index in [2.05, 4.69) is 15.9 Å². The topological polar surface area (TPSA) is 57.2 Å². The smallest absolute Gasteiger partial charge is 0.259 e. The van der Waals surface area contributed by atoms with Gasteiger partial charge < -0.3 is 23.8 Å². The third-order valence-corrected chi connectivity index (χ3v) is 5.44. The Labute approximate surface area is 167 Å². The van der Waals surface area contributed by atoms with Crippen LogP contribution >= 0.6 is 15.9 Å². The molecule has 144 valence electrons. The van der Waals surface area contributed by atoms with E-state index in [1.165, 1.54) is 21.3 Å². The SMILES string of the molecule is COc1ccc2c(c1)CCCN2C(=O)c1cc(OC)c(OC)c(OC)c1Br. The molecule has 2 aromatic carbocycles. The summed E-state index contributed by atoms with van der Waals surface area (Å²) in [5.41, 5.74) is 2.44. The van der Waals surface area contributed by atoms with Crippen LogP contribution in [0.5, 0.6) is 23.0 Å². The van der Waals surface area contributed by atoms with Gasteiger partial charge in [-0.2, -0.15) is 0 Å². The Balaban J connectivity index is 2.07. The molecule has 0 bridgehead atoms. The van der Waals surface area contributed by atoms with Crippen LogP contribution in [-0.2, 0) is 6.42 Å². The zero-order chi connectivity index (χ0) is 19.6. The number of nitrogens with zero attached hydrogens (tertiary/aromatic N) is 1. The van der Waals surface area contributed by atoms with E-state index in [-0.39, 0.29) is 5.91 Å². The molecule has 0 spiro atoms. The summed E-state index contributed by atoms with van der Waals surface area (Å²) in [4.78, 5) is 15.2. The number of ether oxygens (including phenoxy) is 4. The number of carbonyl (C=O) groups is 1. The average molecular weight is 436 g/mol. The zero-order valence-corrected chi connectivity index (χ0v) is 17.4. The maximum atomic E-state index is 13.4. The van der Waals surface area contributed by atoms with Crippen LogP contribution in [0.2, 0.25) is 0 Å². The van der Waals surface area contributed by atoms with Crippen LogP contribution in [0, 0.1) is 0 Å². The zero-order valence-electron chi connectivity index (χ0n) is 15.8. The summed E-state index contributed by atoms with van der Waals surface area (Å²) in [6, 6.07) is 7.45. The van der Waals surface area contributed by atoms with E-state index in [1.807, 2.05) is 18.2 Å². The second-order valence-electron chi connectivity index (χ2n) is 6.06. The van der Waals surface area contributed by atoms with Crippen molar-refractivity contribution >= 4 is 27.5 Å². The lowest BCUT2D eigenvalue weighted by Gasteiger charge is -2.30. The fourth-order valence-electron chi connectivity index (χ4n) is 3.33. The van der Waals surface area contributed by atoms with E-state index in [0.717, 1.165) is 29.8 Å². The Morgan fingerprint density at radius 3 is 2.37 bits per heavy atom. The van der Waals surface area contributed by atoms with Crippen molar-refractivity contribution in [3.8, 4) is 23.0 Å². The molecule has 1 heterocycles. The Morgan fingerprint density at radius 1 is 1.00 bits per heavy atom. The quantitative estimate of drug-likeness (QED) is 0.707. The third-order valence-electron chi connectivity index (χ3n) is 4.65. The van der Waals surface area contributed by atoms with Crippen LogP contribution < -0.4 is 23.8 Å². The van der Waals surface area contributed by atoms with Gasteiger partial charge in [0.2, 0.25) is 5.75 Å². The first-order chi connectivity index (χ1) is 13.0. The Kier molecular flexibility index (Phi) is 5.79. The first-order valence-corrected chi connectivity index (χ1v) is 9.32. The number of fused-ring (bicyclic) bond motifs is 1. The average Bonchev–Trinajstić information content (AvgIpc) is 2.71. The number of hydrogen-bond donors (Lipinski definition) is 0. The molecule has 27 heavy (non-hydrogen) atoms. The number of hydrogen-bond acceptors (Lipinski definition) is 5. The van der Waals surface area contributed by atoms with Gasteiger partial charge in [-0.25, -0.2) is 0 Å². The molecule has 0 N–H and O–H groups in total. The van der Waals surface area contributed by atoms with Crippen molar-refractivity contribution in [3.05, 3.63) is 39.9 Å². The standard InChI is InChI=1S/C20H22BrNO5/c1-24-13-7-8-15-12(10-13)6-5-9-22(15)20(23)14-11-16(25-2)18(26-3)19(27-4)17(14)21/h7-8,10-11H,5-6,9H2,1-4H3. The van der Waals surface area contributed by atoms with Crippen molar-refractivity contribution in [2.24, 2.45) is 0 Å².